The zero-order chi connectivity index (χ0) is 32.3. The number of carbonyl (C=O) groups excluding carboxylic acids is 1. The van der Waals surface area contributed by atoms with Crippen molar-refractivity contribution in [3.63, 3.8) is 0 Å². The highest BCUT2D eigenvalue weighted by atomic mass is 16.5. The third-order valence-electron chi connectivity index (χ3n) is 9.23. The molecule has 0 aromatic rings. The van der Waals surface area contributed by atoms with Gasteiger partial charge in [-0.2, -0.15) is 0 Å². The largest absolute Gasteiger partial charge is 0.455 e. The van der Waals surface area contributed by atoms with Crippen LogP contribution in [0.4, 0.5) is 0 Å². The average Bonchev–Trinajstić information content (AvgIpc) is 3.57. The predicted molar refractivity (Wildman–Crippen MR) is 171 cm³/mol. The number of aliphatic hydroxyl groups is 6. The van der Waals surface area contributed by atoms with E-state index in [0.717, 1.165) is 12.8 Å². The molecule has 6 N–H and O–H groups in total. The smallest absolute Gasteiger partial charge is 0.334 e. The predicted octanol–water partition coefficient (Wildman–Crippen LogP) is 5.00. The van der Waals surface area contributed by atoms with Crippen LogP contribution in [-0.2, 0) is 14.3 Å². The highest BCUT2D eigenvalue weighted by molar-refractivity contribution is 5.90. The molecule has 9 nitrogen and oxygen atoms in total. The number of esters is 1. The van der Waals surface area contributed by atoms with E-state index in [4.69, 9.17) is 9.47 Å². The number of cyclic esters (lactones) is 1. The average molecular weight is 629 g/mol. The van der Waals surface area contributed by atoms with Crippen molar-refractivity contribution < 1.29 is 44.9 Å². The maximum Gasteiger partial charge on any atom is 0.334 e. The fraction of sp³-hybridized carbons (Fsp3) is 0.914. The first-order valence-corrected chi connectivity index (χ1v) is 17.7. The summed E-state index contributed by atoms with van der Waals surface area (Å²) in [5.74, 6) is -0.380. The van der Waals surface area contributed by atoms with E-state index in [1.165, 1.54) is 51.4 Å². The van der Waals surface area contributed by atoms with Crippen molar-refractivity contribution in [1.29, 1.82) is 0 Å². The van der Waals surface area contributed by atoms with Crippen LogP contribution in [0.3, 0.4) is 0 Å². The molecule has 0 unspecified atom stereocenters. The molecular formula is C35H64O9. The van der Waals surface area contributed by atoms with Gasteiger partial charge in [-0.15, -0.1) is 0 Å². The number of ether oxygens (including phenoxy) is 2. The molecule has 2 rings (SSSR count). The van der Waals surface area contributed by atoms with E-state index in [2.05, 4.69) is 6.92 Å². The Morgan fingerprint density at radius 2 is 1.34 bits per heavy atom. The molecule has 44 heavy (non-hydrogen) atoms. The summed E-state index contributed by atoms with van der Waals surface area (Å²) in [4.78, 5) is 11.7. The van der Waals surface area contributed by atoms with E-state index in [1.54, 1.807) is 13.0 Å². The van der Waals surface area contributed by atoms with E-state index in [9.17, 15) is 35.4 Å². The molecule has 1 saturated heterocycles. The van der Waals surface area contributed by atoms with Crippen molar-refractivity contribution in [2.45, 2.75) is 204 Å². The molecule has 9 heteroatoms. The van der Waals surface area contributed by atoms with Crippen molar-refractivity contribution in [2.24, 2.45) is 0 Å². The minimum atomic E-state index is -0.857. The Morgan fingerprint density at radius 1 is 0.727 bits per heavy atom. The molecule has 2 aliphatic heterocycles. The minimum Gasteiger partial charge on any atom is -0.455 e. The molecule has 1 fully saturated rings. The first kappa shape index (κ1) is 39.1. The maximum absolute atomic E-state index is 11.7. The standard InChI is InChI=1S/C35H64O9/c1-3-4-5-6-7-8-9-10-11-12-16-31(39)32(40)18-19-33(41)34-20-17-30(44-34)24-29(38)23-28(37)15-13-14-27(36)22-26-21-25(2)43-35(26)42/h21,25,27-34,36-41H,3-20,22-24H2,1-2H3/t25-,27+,28-,29-,30+,31+,32-,33+,34-/m1/s1. The van der Waals surface area contributed by atoms with E-state index >= 15 is 0 Å². The Kier molecular flexibility index (Phi) is 20.0. The van der Waals surface area contributed by atoms with Gasteiger partial charge in [0, 0.05) is 12.0 Å². The number of rotatable bonds is 26. The Morgan fingerprint density at radius 3 is 1.98 bits per heavy atom. The Hall–Kier alpha value is -1.07. The second-order valence-electron chi connectivity index (χ2n) is 13.5. The molecule has 2 heterocycles. The second kappa shape index (κ2) is 22.5. The first-order valence-electron chi connectivity index (χ1n) is 17.7. The molecule has 258 valence electrons. The summed E-state index contributed by atoms with van der Waals surface area (Å²) in [5.41, 5.74) is 0.495. The molecule has 9 atom stereocenters. The fourth-order valence-corrected chi connectivity index (χ4v) is 6.50. The van der Waals surface area contributed by atoms with Crippen LogP contribution in [0.5, 0.6) is 0 Å². The number of hydrogen-bond acceptors (Lipinski definition) is 9. The summed E-state index contributed by atoms with van der Waals surface area (Å²) in [5, 5.41) is 62.4. The van der Waals surface area contributed by atoms with Crippen LogP contribution in [0.1, 0.15) is 149 Å². The molecule has 0 saturated carbocycles. The number of aliphatic hydroxyl groups excluding tert-OH is 6. The molecule has 0 bridgehead atoms. The van der Waals surface area contributed by atoms with Gasteiger partial charge < -0.3 is 40.1 Å². The maximum atomic E-state index is 11.7. The van der Waals surface area contributed by atoms with Crippen molar-refractivity contribution >= 4 is 5.97 Å². The topological polar surface area (TPSA) is 157 Å². The summed E-state index contributed by atoms with van der Waals surface area (Å²) in [6.45, 7) is 4.01. The molecular weight excluding hydrogens is 564 g/mol. The minimum absolute atomic E-state index is 0.202. The van der Waals surface area contributed by atoms with Gasteiger partial charge in [0.15, 0.2) is 0 Å². The van der Waals surface area contributed by atoms with E-state index < -0.39 is 36.6 Å². The van der Waals surface area contributed by atoms with Gasteiger partial charge in [0.2, 0.25) is 0 Å². The van der Waals surface area contributed by atoms with Gasteiger partial charge >= 0.3 is 5.97 Å². The van der Waals surface area contributed by atoms with E-state index in [-0.39, 0.29) is 37.1 Å². The van der Waals surface area contributed by atoms with Crippen LogP contribution in [0.2, 0.25) is 0 Å². The van der Waals surface area contributed by atoms with Crippen LogP contribution in [0.25, 0.3) is 0 Å². The summed E-state index contributed by atoms with van der Waals surface area (Å²) in [6, 6.07) is 0. The van der Waals surface area contributed by atoms with Crippen molar-refractivity contribution in [3.8, 4) is 0 Å². The quantitative estimate of drug-likeness (QED) is 0.0573. The van der Waals surface area contributed by atoms with Gasteiger partial charge in [0.1, 0.15) is 6.10 Å². The Labute approximate surface area is 266 Å². The van der Waals surface area contributed by atoms with Gasteiger partial charge in [-0.05, 0) is 77.2 Å². The van der Waals surface area contributed by atoms with E-state index in [1.807, 2.05) is 0 Å². The van der Waals surface area contributed by atoms with Crippen LogP contribution in [0.15, 0.2) is 11.6 Å². The molecule has 0 aromatic heterocycles. The molecule has 2 aliphatic rings. The normalized spacial score (nSPS) is 24.5. The lowest BCUT2D eigenvalue weighted by Gasteiger charge is -2.23. The summed E-state index contributed by atoms with van der Waals surface area (Å²) < 4.78 is 11.0. The Bertz CT molecular complexity index is 790. The van der Waals surface area contributed by atoms with Crippen molar-refractivity contribution in [3.05, 3.63) is 11.6 Å². The van der Waals surface area contributed by atoms with Crippen molar-refractivity contribution in [2.75, 3.05) is 0 Å². The van der Waals surface area contributed by atoms with E-state index in [0.29, 0.717) is 63.4 Å². The molecule has 0 amide bonds. The number of hydrogen-bond donors (Lipinski definition) is 6. The third kappa shape index (κ3) is 16.5. The Balaban J connectivity index is 1.50. The highest BCUT2D eigenvalue weighted by Crippen LogP contribution is 2.29. The van der Waals surface area contributed by atoms with Crippen LogP contribution >= 0.6 is 0 Å². The molecule has 0 aromatic carbocycles. The lowest BCUT2D eigenvalue weighted by Crippen LogP contribution is -2.31. The highest BCUT2D eigenvalue weighted by Gasteiger charge is 2.33. The third-order valence-corrected chi connectivity index (χ3v) is 9.23. The van der Waals surface area contributed by atoms with Gasteiger partial charge in [0.25, 0.3) is 0 Å². The number of carbonyl (C=O) groups is 1. The molecule has 0 aliphatic carbocycles. The van der Waals surface area contributed by atoms with Crippen LogP contribution in [0, 0.1) is 0 Å². The summed E-state index contributed by atoms with van der Waals surface area (Å²) in [7, 11) is 0. The monoisotopic (exact) mass is 628 g/mol. The van der Waals surface area contributed by atoms with Crippen molar-refractivity contribution in [1.82, 2.24) is 0 Å². The SMILES string of the molecule is CCCCCCCCCCCC[C@H](O)[C@H](O)CC[C@H](O)[C@H]1CC[C@@H](C[C@H](O)C[C@H](O)CCC[C@H](O)CC2=C[C@@H](C)OC2=O)O1. The molecule has 0 spiro atoms. The first-order chi connectivity index (χ1) is 21.1. The van der Waals surface area contributed by atoms with Gasteiger partial charge in [0.05, 0.1) is 48.8 Å². The summed E-state index contributed by atoms with van der Waals surface area (Å²) in [6.07, 6.45) is 13.6. The fourth-order valence-electron chi connectivity index (χ4n) is 6.50. The summed E-state index contributed by atoms with van der Waals surface area (Å²) >= 11 is 0. The van der Waals surface area contributed by atoms with Crippen LogP contribution < -0.4 is 0 Å². The molecule has 0 radical (unpaired) electrons. The second-order valence-corrected chi connectivity index (χ2v) is 13.5. The lowest BCUT2D eigenvalue weighted by atomic mass is 9.97. The van der Waals surface area contributed by atoms with Gasteiger partial charge in [-0.1, -0.05) is 71.1 Å². The lowest BCUT2D eigenvalue weighted by molar-refractivity contribution is -0.139. The van der Waals surface area contributed by atoms with Gasteiger partial charge in [-0.3, -0.25) is 0 Å². The number of unbranched alkanes of at least 4 members (excludes halogenated alkanes) is 9. The van der Waals surface area contributed by atoms with Gasteiger partial charge in [-0.25, -0.2) is 4.79 Å². The zero-order valence-electron chi connectivity index (χ0n) is 27.5. The zero-order valence-corrected chi connectivity index (χ0v) is 27.5. The van der Waals surface area contributed by atoms with Crippen LogP contribution in [-0.4, -0.2) is 91.5 Å².